The highest BCUT2D eigenvalue weighted by molar-refractivity contribution is 9.10. The van der Waals surface area contributed by atoms with E-state index in [0.29, 0.717) is 13.0 Å². The van der Waals surface area contributed by atoms with Gasteiger partial charge in [-0.05, 0) is 24.6 Å². The van der Waals surface area contributed by atoms with Gasteiger partial charge in [-0.2, -0.15) is 0 Å². The second-order valence-electron chi connectivity index (χ2n) is 3.40. The van der Waals surface area contributed by atoms with E-state index in [0.717, 1.165) is 15.8 Å². The number of aliphatic hydroxyl groups is 1. The standard InChI is InChI=1S/C11H16BrNO2/c1-8(13)10-4-3-9(7-11(10)12)15-6-2-5-14/h3-4,7-8,14H,2,5-6,13H2,1H3. The van der Waals surface area contributed by atoms with E-state index < -0.39 is 0 Å². The number of halogens is 1. The van der Waals surface area contributed by atoms with Crippen molar-refractivity contribution in [3.63, 3.8) is 0 Å². The molecule has 4 heteroatoms. The molecule has 0 radical (unpaired) electrons. The van der Waals surface area contributed by atoms with Gasteiger partial charge in [-0.25, -0.2) is 0 Å². The number of aliphatic hydroxyl groups excluding tert-OH is 1. The van der Waals surface area contributed by atoms with E-state index in [1.54, 1.807) is 0 Å². The summed E-state index contributed by atoms with van der Waals surface area (Å²) >= 11 is 3.45. The maximum absolute atomic E-state index is 8.61. The van der Waals surface area contributed by atoms with Crippen molar-refractivity contribution in [2.24, 2.45) is 5.73 Å². The molecule has 1 unspecified atom stereocenters. The van der Waals surface area contributed by atoms with Crippen molar-refractivity contribution in [1.82, 2.24) is 0 Å². The highest BCUT2D eigenvalue weighted by Gasteiger charge is 2.05. The molecule has 0 aliphatic carbocycles. The number of hydrogen-bond donors (Lipinski definition) is 2. The van der Waals surface area contributed by atoms with Gasteiger partial charge in [0.25, 0.3) is 0 Å². The molecule has 0 aliphatic rings. The van der Waals surface area contributed by atoms with Crippen molar-refractivity contribution in [2.45, 2.75) is 19.4 Å². The van der Waals surface area contributed by atoms with Crippen molar-refractivity contribution < 1.29 is 9.84 Å². The number of ether oxygens (including phenoxy) is 1. The molecular weight excluding hydrogens is 258 g/mol. The summed E-state index contributed by atoms with van der Waals surface area (Å²) in [7, 11) is 0. The zero-order chi connectivity index (χ0) is 11.3. The first-order chi connectivity index (χ1) is 7.15. The Labute approximate surface area is 98.4 Å². The van der Waals surface area contributed by atoms with Gasteiger partial charge in [-0.1, -0.05) is 22.0 Å². The van der Waals surface area contributed by atoms with Gasteiger partial charge in [-0.15, -0.1) is 0 Å². The van der Waals surface area contributed by atoms with Gasteiger partial charge in [0.15, 0.2) is 0 Å². The van der Waals surface area contributed by atoms with Crippen LogP contribution in [0.2, 0.25) is 0 Å². The Kier molecular flexibility index (Phi) is 5.08. The predicted molar refractivity (Wildman–Crippen MR) is 63.9 cm³/mol. The molecule has 1 rings (SSSR count). The van der Waals surface area contributed by atoms with Crippen molar-refractivity contribution >= 4 is 15.9 Å². The second-order valence-corrected chi connectivity index (χ2v) is 4.25. The molecule has 1 aromatic rings. The average molecular weight is 274 g/mol. The first-order valence-corrected chi connectivity index (χ1v) is 5.73. The van der Waals surface area contributed by atoms with Gasteiger partial charge >= 0.3 is 0 Å². The number of nitrogens with two attached hydrogens (primary N) is 1. The van der Waals surface area contributed by atoms with Crippen LogP contribution >= 0.6 is 15.9 Å². The molecule has 0 saturated carbocycles. The molecule has 3 N–H and O–H groups in total. The Bertz CT molecular complexity index is 315. The summed E-state index contributed by atoms with van der Waals surface area (Å²) in [5.41, 5.74) is 6.84. The SMILES string of the molecule is CC(N)c1ccc(OCCCO)cc1Br. The van der Waals surface area contributed by atoms with Crippen LogP contribution in [0.15, 0.2) is 22.7 Å². The van der Waals surface area contributed by atoms with Gasteiger partial charge in [-0.3, -0.25) is 0 Å². The predicted octanol–water partition coefficient (Wildman–Crippen LogP) is 2.23. The normalized spacial score (nSPS) is 12.5. The van der Waals surface area contributed by atoms with Gasteiger partial charge < -0.3 is 15.6 Å². The van der Waals surface area contributed by atoms with Crippen LogP contribution in [-0.4, -0.2) is 18.3 Å². The Hall–Kier alpha value is -0.580. The molecule has 3 nitrogen and oxygen atoms in total. The fraction of sp³-hybridized carbons (Fsp3) is 0.455. The fourth-order valence-electron chi connectivity index (χ4n) is 1.22. The molecular formula is C11H16BrNO2. The zero-order valence-corrected chi connectivity index (χ0v) is 10.3. The maximum Gasteiger partial charge on any atom is 0.120 e. The molecule has 0 heterocycles. The van der Waals surface area contributed by atoms with Crippen LogP contribution in [0.1, 0.15) is 24.9 Å². The summed E-state index contributed by atoms with van der Waals surface area (Å²) in [6.45, 7) is 2.62. The van der Waals surface area contributed by atoms with Crippen LogP contribution in [0.4, 0.5) is 0 Å². The molecule has 1 atom stereocenters. The van der Waals surface area contributed by atoms with Crippen LogP contribution in [0.5, 0.6) is 5.75 Å². The molecule has 1 aromatic carbocycles. The minimum absolute atomic E-state index is 0.00543. The van der Waals surface area contributed by atoms with Gasteiger partial charge in [0.1, 0.15) is 5.75 Å². The lowest BCUT2D eigenvalue weighted by atomic mass is 10.1. The van der Waals surface area contributed by atoms with E-state index in [4.69, 9.17) is 15.6 Å². The summed E-state index contributed by atoms with van der Waals surface area (Å²) in [6.07, 6.45) is 0.645. The first kappa shape index (κ1) is 12.5. The monoisotopic (exact) mass is 273 g/mol. The smallest absolute Gasteiger partial charge is 0.120 e. The van der Waals surface area contributed by atoms with E-state index in [2.05, 4.69) is 15.9 Å². The molecule has 15 heavy (non-hydrogen) atoms. The average Bonchev–Trinajstić information content (AvgIpc) is 2.17. The topological polar surface area (TPSA) is 55.5 Å². The molecule has 0 spiro atoms. The Balaban J connectivity index is 2.65. The fourth-order valence-corrected chi connectivity index (χ4v) is 1.94. The Morgan fingerprint density at radius 1 is 1.53 bits per heavy atom. The molecule has 0 saturated heterocycles. The van der Waals surface area contributed by atoms with Crippen molar-refractivity contribution in [1.29, 1.82) is 0 Å². The zero-order valence-electron chi connectivity index (χ0n) is 8.74. The molecule has 0 bridgehead atoms. The lowest BCUT2D eigenvalue weighted by molar-refractivity contribution is 0.233. The molecule has 0 aliphatic heterocycles. The van der Waals surface area contributed by atoms with E-state index in [-0.39, 0.29) is 12.6 Å². The first-order valence-electron chi connectivity index (χ1n) is 4.94. The summed E-state index contributed by atoms with van der Waals surface area (Å²) in [5, 5.41) is 8.61. The third kappa shape index (κ3) is 3.81. The molecule has 84 valence electrons. The van der Waals surface area contributed by atoms with Crippen LogP contribution in [0.25, 0.3) is 0 Å². The van der Waals surface area contributed by atoms with Gasteiger partial charge in [0, 0.05) is 23.5 Å². The van der Waals surface area contributed by atoms with E-state index >= 15 is 0 Å². The summed E-state index contributed by atoms with van der Waals surface area (Å²) in [5.74, 6) is 0.791. The van der Waals surface area contributed by atoms with Crippen molar-refractivity contribution in [3.8, 4) is 5.75 Å². The highest BCUT2D eigenvalue weighted by Crippen LogP contribution is 2.26. The van der Waals surface area contributed by atoms with Crippen LogP contribution in [0.3, 0.4) is 0 Å². The lowest BCUT2D eigenvalue weighted by Gasteiger charge is -2.11. The summed E-state index contributed by atoms with van der Waals surface area (Å²) < 4.78 is 6.39. The summed E-state index contributed by atoms with van der Waals surface area (Å²) in [6, 6.07) is 5.74. The number of rotatable bonds is 5. The second kappa shape index (κ2) is 6.10. The van der Waals surface area contributed by atoms with Gasteiger partial charge in [0.2, 0.25) is 0 Å². The van der Waals surface area contributed by atoms with E-state index in [9.17, 15) is 0 Å². The lowest BCUT2D eigenvalue weighted by Crippen LogP contribution is -2.06. The van der Waals surface area contributed by atoms with Crippen LogP contribution < -0.4 is 10.5 Å². The maximum atomic E-state index is 8.61. The Morgan fingerprint density at radius 3 is 2.80 bits per heavy atom. The van der Waals surface area contributed by atoms with E-state index in [1.165, 1.54) is 0 Å². The van der Waals surface area contributed by atoms with Crippen LogP contribution in [-0.2, 0) is 0 Å². The number of benzene rings is 1. The molecule has 0 amide bonds. The minimum Gasteiger partial charge on any atom is -0.493 e. The summed E-state index contributed by atoms with van der Waals surface area (Å²) in [4.78, 5) is 0. The number of hydrogen-bond acceptors (Lipinski definition) is 3. The van der Waals surface area contributed by atoms with Crippen molar-refractivity contribution in [2.75, 3.05) is 13.2 Å². The van der Waals surface area contributed by atoms with Crippen molar-refractivity contribution in [3.05, 3.63) is 28.2 Å². The Morgan fingerprint density at radius 2 is 2.27 bits per heavy atom. The van der Waals surface area contributed by atoms with E-state index in [1.807, 2.05) is 25.1 Å². The largest absolute Gasteiger partial charge is 0.493 e. The molecule has 0 aromatic heterocycles. The minimum atomic E-state index is 0.00543. The highest BCUT2D eigenvalue weighted by atomic mass is 79.9. The third-order valence-electron chi connectivity index (χ3n) is 2.03. The third-order valence-corrected chi connectivity index (χ3v) is 2.72. The molecule has 0 fully saturated rings. The van der Waals surface area contributed by atoms with Gasteiger partial charge in [0.05, 0.1) is 6.61 Å². The quantitative estimate of drug-likeness (QED) is 0.809. The van der Waals surface area contributed by atoms with Crippen LogP contribution in [0, 0.1) is 0 Å².